The average molecular weight is 318 g/mol. The Morgan fingerprint density at radius 3 is 2.29 bits per heavy atom. The lowest BCUT2D eigenvalue weighted by Crippen LogP contribution is -2.50. The zero-order chi connectivity index (χ0) is 16.3. The van der Waals surface area contributed by atoms with Crippen LogP contribution in [0.25, 0.3) is 0 Å². The molecule has 0 aromatic carbocycles. The summed E-state index contributed by atoms with van der Waals surface area (Å²) in [5.74, 6) is 1.29. The predicted molar refractivity (Wildman–Crippen MR) is 91.3 cm³/mol. The summed E-state index contributed by atoms with van der Waals surface area (Å²) in [5.41, 5.74) is 0.197. The molecule has 1 aliphatic rings. The van der Waals surface area contributed by atoms with E-state index in [0.29, 0.717) is 17.6 Å². The van der Waals surface area contributed by atoms with Crippen LogP contribution >= 0.6 is 0 Å². The lowest BCUT2D eigenvalue weighted by molar-refractivity contribution is 0.162. The average Bonchev–Trinajstić information content (AvgIpc) is 2.36. The van der Waals surface area contributed by atoms with Gasteiger partial charge < -0.3 is 5.32 Å². The van der Waals surface area contributed by atoms with Gasteiger partial charge in [-0.25, -0.2) is 8.42 Å². The predicted octanol–water partition coefficient (Wildman–Crippen LogP) is 3.64. The van der Waals surface area contributed by atoms with Crippen molar-refractivity contribution in [3.05, 3.63) is 0 Å². The Labute approximate surface area is 132 Å². The highest BCUT2D eigenvalue weighted by molar-refractivity contribution is 7.92. The van der Waals surface area contributed by atoms with E-state index in [0.717, 1.165) is 32.2 Å². The Morgan fingerprint density at radius 2 is 1.81 bits per heavy atom. The molecule has 0 aromatic heterocycles. The summed E-state index contributed by atoms with van der Waals surface area (Å²) >= 11 is 0. The molecule has 3 atom stereocenters. The molecule has 0 bridgehead atoms. The highest BCUT2D eigenvalue weighted by Gasteiger charge is 2.41. The Morgan fingerprint density at radius 1 is 1.19 bits per heavy atom. The van der Waals surface area contributed by atoms with Crippen LogP contribution < -0.4 is 5.32 Å². The maximum Gasteiger partial charge on any atom is 0.154 e. The molecule has 0 saturated heterocycles. The van der Waals surface area contributed by atoms with Crippen LogP contribution in [0.2, 0.25) is 0 Å². The monoisotopic (exact) mass is 317 g/mol. The second kappa shape index (κ2) is 7.45. The molecule has 126 valence electrons. The maximum atomic E-state index is 12.8. The van der Waals surface area contributed by atoms with Gasteiger partial charge in [-0.3, -0.25) is 0 Å². The van der Waals surface area contributed by atoms with Crippen molar-refractivity contribution in [2.75, 3.05) is 12.3 Å². The molecular formula is C17H35NO2S. The summed E-state index contributed by atoms with van der Waals surface area (Å²) in [6.45, 7) is 13.8. The standard InChI is InChI=1S/C17H35NO2S/c1-7-18-15-9-8-14(17(4,5)6)12-16(15)21(19,20)11-10-13(2)3/h13-16,18H,7-12H2,1-6H3. The summed E-state index contributed by atoms with van der Waals surface area (Å²) in [6.07, 6.45) is 3.72. The highest BCUT2D eigenvalue weighted by atomic mass is 32.2. The minimum atomic E-state index is -3.01. The van der Waals surface area contributed by atoms with Crippen LogP contribution in [-0.2, 0) is 9.84 Å². The van der Waals surface area contributed by atoms with Gasteiger partial charge in [-0.1, -0.05) is 41.5 Å². The van der Waals surface area contributed by atoms with E-state index in [1.807, 2.05) is 0 Å². The van der Waals surface area contributed by atoms with Gasteiger partial charge in [0, 0.05) is 6.04 Å². The Hall–Kier alpha value is -0.0900. The van der Waals surface area contributed by atoms with Crippen molar-refractivity contribution >= 4 is 9.84 Å². The van der Waals surface area contributed by atoms with Gasteiger partial charge in [-0.2, -0.15) is 0 Å². The first-order valence-corrected chi connectivity index (χ1v) is 10.2. The third-order valence-electron chi connectivity index (χ3n) is 4.92. The highest BCUT2D eigenvalue weighted by Crippen LogP contribution is 2.40. The summed E-state index contributed by atoms with van der Waals surface area (Å²) in [4.78, 5) is 0. The summed E-state index contributed by atoms with van der Waals surface area (Å²) in [5, 5.41) is 3.22. The molecule has 0 spiro atoms. The molecule has 1 rings (SSSR count). The van der Waals surface area contributed by atoms with Crippen LogP contribution in [0.4, 0.5) is 0 Å². The molecule has 1 fully saturated rings. The van der Waals surface area contributed by atoms with Gasteiger partial charge in [0.25, 0.3) is 0 Å². The second-order valence-electron chi connectivity index (χ2n) is 8.13. The van der Waals surface area contributed by atoms with Gasteiger partial charge in [0.15, 0.2) is 9.84 Å². The van der Waals surface area contributed by atoms with Gasteiger partial charge in [-0.05, 0) is 49.5 Å². The van der Waals surface area contributed by atoms with Gasteiger partial charge in [-0.15, -0.1) is 0 Å². The topological polar surface area (TPSA) is 46.2 Å². The molecule has 0 aromatic rings. The second-order valence-corrected chi connectivity index (χ2v) is 10.5. The van der Waals surface area contributed by atoms with Crippen LogP contribution in [0.1, 0.15) is 67.2 Å². The largest absolute Gasteiger partial charge is 0.313 e. The van der Waals surface area contributed by atoms with Crippen molar-refractivity contribution in [1.29, 1.82) is 0 Å². The third kappa shape index (κ3) is 5.55. The molecule has 1 aliphatic carbocycles. The first kappa shape index (κ1) is 19.0. The van der Waals surface area contributed by atoms with Crippen molar-refractivity contribution in [3.8, 4) is 0 Å². The maximum absolute atomic E-state index is 12.8. The summed E-state index contributed by atoms with van der Waals surface area (Å²) < 4.78 is 25.6. The Bertz CT molecular complexity index is 409. The minimum Gasteiger partial charge on any atom is -0.313 e. The normalized spacial score (nSPS) is 28.0. The van der Waals surface area contributed by atoms with Gasteiger partial charge in [0.2, 0.25) is 0 Å². The molecule has 21 heavy (non-hydrogen) atoms. The van der Waals surface area contributed by atoms with Crippen molar-refractivity contribution in [3.63, 3.8) is 0 Å². The minimum absolute atomic E-state index is 0.144. The lowest BCUT2D eigenvalue weighted by atomic mass is 9.71. The van der Waals surface area contributed by atoms with Gasteiger partial charge >= 0.3 is 0 Å². The smallest absolute Gasteiger partial charge is 0.154 e. The van der Waals surface area contributed by atoms with Gasteiger partial charge in [0.05, 0.1) is 11.0 Å². The molecular weight excluding hydrogens is 282 g/mol. The fourth-order valence-electron chi connectivity index (χ4n) is 3.36. The molecule has 1 N–H and O–H groups in total. The molecule has 0 heterocycles. The van der Waals surface area contributed by atoms with Crippen molar-refractivity contribution in [1.82, 2.24) is 5.32 Å². The number of sulfone groups is 1. The first-order valence-electron chi connectivity index (χ1n) is 8.52. The first-order chi connectivity index (χ1) is 9.58. The van der Waals surface area contributed by atoms with Crippen LogP contribution in [-0.4, -0.2) is 32.0 Å². The molecule has 0 aliphatic heterocycles. The van der Waals surface area contributed by atoms with E-state index < -0.39 is 9.84 Å². The van der Waals surface area contributed by atoms with E-state index in [-0.39, 0.29) is 16.7 Å². The van der Waals surface area contributed by atoms with E-state index >= 15 is 0 Å². The molecule has 1 saturated carbocycles. The number of rotatable bonds is 6. The van der Waals surface area contributed by atoms with E-state index in [2.05, 4.69) is 46.9 Å². The van der Waals surface area contributed by atoms with Crippen LogP contribution in [0.5, 0.6) is 0 Å². The fourth-order valence-corrected chi connectivity index (χ4v) is 5.72. The van der Waals surface area contributed by atoms with Crippen molar-refractivity contribution < 1.29 is 8.42 Å². The molecule has 0 radical (unpaired) electrons. The Balaban J connectivity index is 2.89. The SMILES string of the molecule is CCNC1CCC(C(C)(C)C)CC1S(=O)(=O)CCC(C)C. The zero-order valence-corrected chi connectivity index (χ0v) is 15.6. The quantitative estimate of drug-likeness (QED) is 0.813. The van der Waals surface area contributed by atoms with Crippen molar-refractivity contribution in [2.45, 2.75) is 78.5 Å². The van der Waals surface area contributed by atoms with Crippen molar-refractivity contribution in [2.24, 2.45) is 17.3 Å². The third-order valence-corrected chi connectivity index (χ3v) is 7.17. The number of hydrogen-bond donors (Lipinski definition) is 1. The molecule has 0 amide bonds. The van der Waals surface area contributed by atoms with Crippen LogP contribution in [0, 0.1) is 17.3 Å². The van der Waals surface area contributed by atoms with Crippen LogP contribution in [0.15, 0.2) is 0 Å². The van der Waals surface area contributed by atoms with E-state index in [4.69, 9.17) is 0 Å². The molecule has 3 unspecified atom stereocenters. The van der Waals surface area contributed by atoms with E-state index in [1.165, 1.54) is 0 Å². The zero-order valence-electron chi connectivity index (χ0n) is 14.8. The molecule has 3 nitrogen and oxygen atoms in total. The fraction of sp³-hybridized carbons (Fsp3) is 1.00. The lowest BCUT2D eigenvalue weighted by Gasteiger charge is -2.41. The van der Waals surface area contributed by atoms with E-state index in [1.54, 1.807) is 0 Å². The number of hydrogen-bond acceptors (Lipinski definition) is 3. The Kier molecular flexibility index (Phi) is 6.73. The molecule has 4 heteroatoms. The van der Waals surface area contributed by atoms with E-state index in [9.17, 15) is 8.42 Å². The summed E-state index contributed by atoms with van der Waals surface area (Å²) in [6, 6.07) is 0.144. The van der Waals surface area contributed by atoms with Gasteiger partial charge in [0.1, 0.15) is 0 Å². The summed E-state index contributed by atoms with van der Waals surface area (Å²) in [7, 11) is -3.01. The van der Waals surface area contributed by atoms with Crippen LogP contribution in [0.3, 0.4) is 0 Å². The number of nitrogens with one attached hydrogen (secondary N) is 1.